The van der Waals surface area contributed by atoms with E-state index in [1.165, 1.54) is 10.9 Å². The number of aryl methyl sites for hydroxylation is 1. The average molecular weight is 269 g/mol. The van der Waals surface area contributed by atoms with Crippen molar-refractivity contribution in [1.82, 2.24) is 20.4 Å². The van der Waals surface area contributed by atoms with E-state index in [-0.39, 0.29) is 13.1 Å². The standard InChI is InChI=1S/C9H15N7O3/c1-16-7(10)6(4-14-16)15-8(17)12-3-2-11-5-13-9(18)19/h4-5H,2-3,10H2,1H3,(H,11,13)(H,18,19)(H2,12,15,17). The first-order valence-electron chi connectivity index (χ1n) is 5.30. The molecule has 10 heteroatoms. The smallest absolute Gasteiger partial charge is 0.409 e. The van der Waals surface area contributed by atoms with Crippen LogP contribution in [0.4, 0.5) is 21.1 Å². The number of nitrogen functional groups attached to an aromatic ring is 1. The SMILES string of the molecule is Cn1ncc(NC(=O)NCCN=CNC(=O)O)c1N. The number of carboxylic acid groups (broad SMARTS) is 1. The monoisotopic (exact) mass is 269 g/mol. The maximum absolute atomic E-state index is 11.4. The zero-order chi connectivity index (χ0) is 14.3. The minimum Gasteiger partial charge on any atom is -0.465 e. The van der Waals surface area contributed by atoms with Crippen LogP contribution in [0.15, 0.2) is 11.2 Å². The normalized spacial score (nSPS) is 10.4. The second kappa shape index (κ2) is 6.83. The molecular formula is C9H15N7O3. The Balaban J connectivity index is 2.23. The van der Waals surface area contributed by atoms with Crippen molar-refractivity contribution in [2.45, 2.75) is 0 Å². The molecule has 1 rings (SSSR count). The first kappa shape index (κ1) is 14.3. The van der Waals surface area contributed by atoms with Gasteiger partial charge in [-0.2, -0.15) is 5.10 Å². The number of anilines is 2. The van der Waals surface area contributed by atoms with Crippen molar-refractivity contribution in [1.29, 1.82) is 0 Å². The number of aromatic nitrogens is 2. The molecule has 0 radical (unpaired) electrons. The van der Waals surface area contributed by atoms with E-state index >= 15 is 0 Å². The van der Waals surface area contributed by atoms with Crippen molar-refractivity contribution >= 4 is 30.0 Å². The van der Waals surface area contributed by atoms with E-state index in [2.05, 4.69) is 20.7 Å². The Kier molecular flexibility index (Phi) is 5.14. The predicted octanol–water partition coefficient (Wildman–Crippen LogP) is -0.580. The lowest BCUT2D eigenvalue weighted by molar-refractivity contribution is 0.200. The highest BCUT2D eigenvalue weighted by molar-refractivity contribution is 5.91. The van der Waals surface area contributed by atoms with E-state index in [0.717, 1.165) is 6.34 Å². The Morgan fingerprint density at radius 2 is 2.37 bits per heavy atom. The summed E-state index contributed by atoms with van der Waals surface area (Å²) < 4.78 is 1.43. The van der Waals surface area contributed by atoms with Crippen molar-refractivity contribution in [3.63, 3.8) is 0 Å². The Morgan fingerprint density at radius 1 is 1.63 bits per heavy atom. The molecule has 0 unspecified atom stereocenters. The number of rotatable bonds is 5. The summed E-state index contributed by atoms with van der Waals surface area (Å²) in [4.78, 5) is 25.2. The Labute approximate surface area is 108 Å². The number of carbonyl (C=O) groups is 2. The van der Waals surface area contributed by atoms with E-state index in [1.807, 2.05) is 5.32 Å². The Hall–Kier alpha value is -2.78. The van der Waals surface area contributed by atoms with Crippen molar-refractivity contribution in [3.8, 4) is 0 Å². The summed E-state index contributed by atoms with van der Waals surface area (Å²) in [7, 11) is 1.66. The van der Waals surface area contributed by atoms with E-state index in [4.69, 9.17) is 10.8 Å². The van der Waals surface area contributed by atoms with Crippen LogP contribution in [0.25, 0.3) is 0 Å². The molecule has 1 aromatic heterocycles. The molecule has 19 heavy (non-hydrogen) atoms. The number of nitrogens with one attached hydrogen (secondary N) is 3. The largest absolute Gasteiger partial charge is 0.465 e. The molecule has 0 aliphatic heterocycles. The van der Waals surface area contributed by atoms with Gasteiger partial charge in [0.15, 0.2) is 0 Å². The van der Waals surface area contributed by atoms with Crippen LogP contribution in [0.3, 0.4) is 0 Å². The fraction of sp³-hybridized carbons (Fsp3) is 0.333. The van der Waals surface area contributed by atoms with Crippen LogP contribution in [0.2, 0.25) is 0 Å². The van der Waals surface area contributed by atoms with Crippen LogP contribution in [0.5, 0.6) is 0 Å². The van der Waals surface area contributed by atoms with Crippen LogP contribution in [-0.2, 0) is 7.05 Å². The summed E-state index contributed by atoms with van der Waals surface area (Å²) in [6.45, 7) is 0.500. The predicted molar refractivity (Wildman–Crippen MR) is 69.2 cm³/mol. The van der Waals surface area contributed by atoms with Crippen molar-refractivity contribution in [2.75, 3.05) is 24.1 Å². The van der Waals surface area contributed by atoms with Crippen LogP contribution >= 0.6 is 0 Å². The Morgan fingerprint density at radius 3 is 2.95 bits per heavy atom. The molecule has 0 spiro atoms. The van der Waals surface area contributed by atoms with Gasteiger partial charge >= 0.3 is 12.1 Å². The summed E-state index contributed by atoms with van der Waals surface area (Å²) in [5, 5.41) is 19.1. The summed E-state index contributed by atoms with van der Waals surface area (Å²) in [6, 6.07) is -0.443. The van der Waals surface area contributed by atoms with Gasteiger partial charge in [-0.3, -0.25) is 15.0 Å². The van der Waals surface area contributed by atoms with Gasteiger partial charge in [0.05, 0.1) is 19.1 Å². The molecule has 0 atom stereocenters. The van der Waals surface area contributed by atoms with Gasteiger partial charge < -0.3 is 21.5 Å². The highest BCUT2D eigenvalue weighted by Crippen LogP contribution is 2.14. The lowest BCUT2D eigenvalue weighted by Crippen LogP contribution is -2.31. The second-order valence-corrected chi connectivity index (χ2v) is 3.43. The summed E-state index contributed by atoms with van der Waals surface area (Å²) in [5.74, 6) is 0.346. The second-order valence-electron chi connectivity index (χ2n) is 3.43. The molecule has 0 aromatic carbocycles. The number of nitrogens with zero attached hydrogens (tertiary/aromatic N) is 3. The number of carbonyl (C=O) groups excluding carboxylic acids is 1. The summed E-state index contributed by atoms with van der Waals surface area (Å²) >= 11 is 0. The number of urea groups is 1. The maximum Gasteiger partial charge on any atom is 0.409 e. The van der Waals surface area contributed by atoms with Crippen molar-refractivity contribution in [3.05, 3.63) is 6.20 Å². The van der Waals surface area contributed by atoms with Crippen molar-refractivity contribution in [2.24, 2.45) is 12.0 Å². The van der Waals surface area contributed by atoms with E-state index in [0.29, 0.717) is 11.5 Å². The summed E-state index contributed by atoms with van der Waals surface area (Å²) in [5.41, 5.74) is 6.06. The average Bonchev–Trinajstić information content (AvgIpc) is 2.65. The molecule has 0 bridgehead atoms. The molecule has 0 saturated heterocycles. The fourth-order valence-electron chi connectivity index (χ4n) is 1.11. The molecule has 3 amide bonds. The first-order valence-corrected chi connectivity index (χ1v) is 5.30. The van der Waals surface area contributed by atoms with E-state index in [1.54, 1.807) is 7.05 Å². The van der Waals surface area contributed by atoms with Gasteiger partial charge in [0.2, 0.25) is 0 Å². The topological polar surface area (TPSA) is 147 Å². The molecular weight excluding hydrogens is 254 g/mol. The van der Waals surface area contributed by atoms with Crippen LogP contribution in [0, 0.1) is 0 Å². The first-order chi connectivity index (χ1) is 9.00. The molecule has 10 nitrogen and oxygen atoms in total. The molecule has 1 aromatic rings. The lowest BCUT2D eigenvalue weighted by atomic mass is 10.5. The molecule has 104 valence electrons. The van der Waals surface area contributed by atoms with Gasteiger partial charge in [0, 0.05) is 13.6 Å². The van der Waals surface area contributed by atoms with E-state index in [9.17, 15) is 9.59 Å². The number of aliphatic imine (C=N–C) groups is 1. The number of amides is 3. The van der Waals surface area contributed by atoms with Crippen LogP contribution in [0.1, 0.15) is 0 Å². The molecule has 0 fully saturated rings. The van der Waals surface area contributed by atoms with Crippen LogP contribution < -0.4 is 21.7 Å². The minimum atomic E-state index is -1.19. The molecule has 0 saturated carbocycles. The van der Waals surface area contributed by atoms with Gasteiger partial charge in [-0.25, -0.2) is 9.59 Å². The van der Waals surface area contributed by atoms with Crippen molar-refractivity contribution < 1.29 is 14.7 Å². The fourth-order valence-corrected chi connectivity index (χ4v) is 1.11. The van der Waals surface area contributed by atoms with Gasteiger partial charge in [0.1, 0.15) is 11.5 Å². The third kappa shape index (κ3) is 4.93. The maximum atomic E-state index is 11.4. The third-order valence-electron chi connectivity index (χ3n) is 2.04. The number of hydrogen-bond acceptors (Lipinski definition) is 5. The van der Waals surface area contributed by atoms with Gasteiger partial charge in [-0.05, 0) is 0 Å². The van der Waals surface area contributed by atoms with Crippen LogP contribution in [-0.4, -0.2) is 46.4 Å². The molecule has 1 heterocycles. The molecule has 0 aliphatic carbocycles. The minimum absolute atomic E-state index is 0.246. The number of hydrogen-bond donors (Lipinski definition) is 5. The van der Waals surface area contributed by atoms with Gasteiger partial charge in [-0.15, -0.1) is 0 Å². The number of nitrogens with two attached hydrogens (primary N) is 1. The third-order valence-corrected chi connectivity index (χ3v) is 2.04. The quantitative estimate of drug-likeness (QED) is 0.275. The highest BCUT2D eigenvalue weighted by Gasteiger charge is 2.07. The summed E-state index contributed by atoms with van der Waals surface area (Å²) in [6.07, 6.45) is 1.28. The lowest BCUT2D eigenvalue weighted by Gasteiger charge is -2.05. The zero-order valence-electron chi connectivity index (χ0n) is 10.3. The molecule has 6 N–H and O–H groups in total. The van der Waals surface area contributed by atoms with E-state index < -0.39 is 12.1 Å². The Bertz CT molecular complexity index is 482. The van der Waals surface area contributed by atoms with Gasteiger partial charge in [-0.1, -0.05) is 0 Å². The molecule has 0 aliphatic rings. The highest BCUT2D eigenvalue weighted by atomic mass is 16.4. The zero-order valence-corrected chi connectivity index (χ0v) is 10.3. The van der Waals surface area contributed by atoms with Gasteiger partial charge in [0.25, 0.3) is 0 Å².